The minimum absolute atomic E-state index is 0.239. The van der Waals surface area contributed by atoms with E-state index in [2.05, 4.69) is 0 Å². The number of anilines is 1. The van der Waals surface area contributed by atoms with E-state index in [1.54, 1.807) is 18.2 Å². The molecule has 0 aromatic heterocycles. The number of nitrogens with two attached hydrogens (primary N) is 1. The molecule has 0 fully saturated rings. The number of fused-ring (bicyclic) bond motifs is 1. The van der Waals surface area contributed by atoms with E-state index in [-0.39, 0.29) is 12.6 Å². The second-order valence-electron chi connectivity index (χ2n) is 3.79. The Balaban J connectivity index is 2.60. The molecule has 1 aliphatic heterocycles. The molecule has 0 amide bonds. The molecule has 2 rings (SSSR count). The van der Waals surface area contributed by atoms with Crippen LogP contribution in [0.4, 0.5) is 5.69 Å². The summed E-state index contributed by atoms with van der Waals surface area (Å²) in [4.78, 5) is 0. The Kier molecular flexibility index (Phi) is 2.37. The van der Waals surface area contributed by atoms with E-state index in [0.29, 0.717) is 11.3 Å². The van der Waals surface area contributed by atoms with Crippen LogP contribution in [0.25, 0.3) is 0 Å². The lowest BCUT2D eigenvalue weighted by atomic mass is 10.1. The number of rotatable bonds is 1. The molecule has 1 atom stereocenters. The van der Waals surface area contributed by atoms with Crippen molar-refractivity contribution >= 4 is 15.7 Å². The molecular weight excluding hydrogens is 226 g/mol. The Hall–Kier alpha value is -1.58. The van der Waals surface area contributed by atoms with E-state index in [4.69, 9.17) is 11.0 Å². The fraction of sp³-hybridized carbons (Fsp3) is 0.300. The van der Waals surface area contributed by atoms with Crippen molar-refractivity contribution < 1.29 is 8.42 Å². The number of benzene rings is 1. The lowest BCUT2D eigenvalue weighted by molar-refractivity contribution is 0.595. The minimum atomic E-state index is -3.33. The van der Waals surface area contributed by atoms with Crippen LogP contribution >= 0.6 is 0 Å². The van der Waals surface area contributed by atoms with Gasteiger partial charge in [-0.15, -0.1) is 0 Å². The van der Waals surface area contributed by atoms with Gasteiger partial charge in [-0.1, -0.05) is 6.07 Å². The Morgan fingerprint density at radius 2 is 2.25 bits per heavy atom. The molecule has 0 aliphatic carbocycles. The van der Waals surface area contributed by atoms with E-state index in [0.717, 1.165) is 11.8 Å². The summed E-state index contributed by atoms with van der Waals surface area (Å²) in [5.74, 6) is 0. The number of sulfonamides is 1. The van der Waals surface area contributed by atoms with Gasteiger partial charge >= 0.3 is 0 Å². The average molecular weight is 237 g/mol. The third-order valence-corrected chi connectivity index (χ3v) is 3.74. The molecule has 6 heteroatoms. The van der Waals surface area contributed by atoms with E-state index >= 15 is 0 Å². The maximum atomic E-state index is 11.5. The largest absolute Gasteiger partial charge is 0.322 e. The van der Waals surface area contributed by atoms with E-state index in [1.165, 1.54) is 4.31 Å². The summed E-state index contributed by atoms with van der Waals surface area (Å²) >= 11 is 0. The van der Waals surface area contributed by atoms with Gasteiger partial charge in [0.1, 0.15) is 0 Å². The molecule has 0 saturated heterocycles. The van der Waals surface area contributed by atoms with Crippen molar-refractivity contribution in [1.82, 2.24) is 0 Å². The molecule has 1 heterocycles. The number of hydrogen-bond donors (Lipinski definition) is 1. The first-order valence-electron chi connectivity index (χ1n) is 4.71. The molecule has 5 nitrogen and oxygen atoms in total. The number of hydrogen-bond acceptors (Lipinski definition) is 4. The molecule has 0 unspecified atom stereocenters. The first-order chi connectivity index (χ1) is 7.43. The first kappa shape index (κ1) is 10.9. The number of nitrogens with zero attached hydrogens (tertiary/aromatic N) is 2. The molecule has 0 saturated carbocycles. The zero-order chi connectivity index (χ0) is 11.9. The smallest absolute Gasteiger partial charge is 0.232 e. The van der Waals surface area contributed by atoms with Crippen LogP contribution in [0, 0.1) is 11.3 Å². The third-order valence-electron chi connectivity index (χ3n) is 2.59. The Bertz CT molecular complexity index is 574. The zero-order valence-corrected chi connectivity index (χ0v) is 9.53. The van der Waals surface area contributed by atoms with E-state index < -0.39 is 10.0 Å². The van der Waals surface area contributed by atoms with Crippen LogP contribution in [0.3, 0.4) is 0 Å². The second kappa shape index (κ2) is 3.47. The molecule has 0 bridgehead atoms. The van der Waals surface area contributed by atoms with E-state index in [9.17, 15) is 8.42 Å². The highest BCUT2D eigenvalue weighted by Gasteiger charge is 2.31. The normalized spacial score (nSPS) is 19.3. The maximum absolute atomic E-state index is 11.5. The average Bonchev–Trinajstić information content (AvgIpc) is 2.55. The van der Waals surface area contributed by atoms with Crippen molar-refractivity contribution in [2.24, 2.45) is 5.73 Å². The molecule has 0 spiro atoms. The lowest BCUT2D eigenvalue weighted by Crippen LogP contribution is -2.30. The predicted octanol–water partition coefficient (Wildman–Crippen LogP) is 0.338. The van der Waals surface area contributed by atoms with Crippen LogP contribution in [-0.4, -0.2) is 21.2 Å². The van der Waals surface area contributed by atoms with Crippen LogP contribution in [-0.2, 0) is 10.0 Å². The van der Waals surface area contributed by atoms with Crippen molar-refractivity contribution in [3.8, 4) is 6.07 Å². The van der Waals surface area contributed by atoms with Crippen molar-refractivity contribution in [2.75, 3.05) is 17.1 Å². The molecule has 16 heavy (non-hydrogen) atoms. The van der Waals surface area contributed by atoms with Gasteiger partial charge in [-0.2, -0.15) is 5.26 Å². The fourth-order valence-corrected chi connectivity index (χ4v) is 2.78. The molecule has 2 N–H and O–H groups in total. The summed E-state index contributed by atoms with van der Waals surface area (Å²) in [6, 6.07) is 6.57. The monoisotopic (exact) mass is 237 g/mol. The topological polar surface area (TPSA) is 87.2 Å². The van der Waals surface area contributed by atoms with Crippen LogP contribution in [0.5, 0.6) is 0 Å². The minimum Gasteiger partial charge on any atom is -0.322 e. The Labute approximate surface area is 94.1 Å². The van der Waals surface area contributed by atoms with Gasteiger partial charge in [0.05, 0.1) is 36.2 Å². The standard InChI is InChI=1S/C10H11N3O2S/c1-16(14,15)13-6-9(12)8-3-2-7(5-11)4-10(8)13/h2-4,9H,6,12H2,1H3/t9-/m1/s1. The van der Waals surface area contributed by atoms with Gasteiger partial charge in [0.2, 0.25) is 10.0 Å². The quantitative estimate of drug-likeness (QED) is 0.762. The molecule has 1 aromatic rings. The SMILES string of the molecule is CS(=O)(=O)N1C[C@@H](N)c2ccc(C#N)cc21. The summed E-state index contributed by atoms with van der Waals surface area (Å²) in [5.41, 5.74) is 7.56. The van der Waals surface area contributed by atoms with Gasteiger partial charge in [0, 0.05) is 0 Å². The lowest BCUT2D eigenvalue weighted by Gasteiger charge is -2.16. The van der Waals surface area contributed by atoms with E-state index in [1.807, 2.05) is 6.07 Å². The van der Waals surface area contributed by atoms with Crippen LogP contribution in [0.1, 0.15) is 17.2 Å². The van der Waals surface area contributed by atoms with Crippen LogP contribution < -0.4 is 10.0 Å². The van der Waals surface area contributed by atoms with Gasteiger partial charge < -0.3 is 5.73 Å². The van der Waals surface area contributed by atoms with Gasteiger partial charge in [-0.3, -0.25) is 4.31 Å². The molecule has 84 valence electrons. The Morgan fingerprint density at radius 3 is 2.81 bits per heavy atom. The zero-order valence-electron chi connectivity index (χ0n) is 8.71. The van der Waals surface area contributed by atoms with Crippen LogP contribution in [0.2, 0.25) is 0 Å². The summed E-state index contributed by atoms with van der Waals surface area (Å²) in [5, 5.41) is 8.77. The first-order valence-corrected chi connectivity index (χ1v) is 6.55. The van der Waals surface area contributed by atoms with Crippen molar-refractivity contribution in [1.29, 1.82) is 5.26 Å². The molecular formula is C10H11N3O2S. The van der Waals surface area contributed by atoms with Gasteiger partial charge in [-0.05, 0) is 17.7 Å². The molecule has 0 radical (unpaired) electrons. The number of nitriles is 1. The Morgan fingerprint density at radius 1 is 1.56 bits per heavy atom. The second-order valence-corrected chi connectivity index (χ2v) is 5.69. The molecule has 1 aromatic carbocycles. The maximum Gasteiger partial charge on any atom is 0.232 e. The van der Waals surface area contributed by atoms with Crippen molar-refractivity contribution in [3.63, 3.8) is 0 Å². The molecule has 1 aliphatic rings. The van der Waals surface area contributed by atoms with Gasteiger partial charge in [0.15, 0.2) is 0 Å². The fourth-order valence-electron chi connectivity index (χ4n) is 1.83. The summed E-state index contributed by atoms with van der Waals surface area (Å²) in [6.07, 6.45) is 1.13. The third kappa shape index (κ3) is 1.64. The van der Waals surface area contributed by atoms with Crippen molar-refractivity contribution in [3.05, 3.63) is 29.3 Å². The highest BCUT2D eigenvalue weighted by atomic mass is 32.2. The van der Waals surface area contributed by atoms with Crippen LogP contribution in [0.15, 0.2) is 18.2 Å². The predicted molar refractivity (Wildman–Crippen MR) is 60.3 cm³/mol. The van der Waals surface area contributed by atoms with Crippen molar-refractivity contribution in [2.45, 2.75) is 6.04 Å². The highest BCUT2D eigenvalue weighted by Crippen LogP contribution is 2.35. The summed E-state index contributed by atoms with van der Waals surface area (Å²) in [6.45, 7) is 0.239. The van der Waals surface area contributed by atoms with Gasteiger partial charge in [-0.25, -0.2) is 8.42 Å². The summed E-state index contributed by atoms with van der Waals surface area (Å²) < 4.78 is 24.3. The highest BCUT2D eigenvalue weighted by molar-refractivity contribution is 7.92. The van der Waals surface area contributed by atoms with Gasteiger partial charge in [0.25, 0.3) is 0 Å². The summed E-state index contributed by atoms with van der Waals surface area (Å²) in [7, 11) is -3.33.